The normalized spacial score (nSPS) is 14.3. The highest BCUT2D eigenvalue weighted by molar-refractivity contribution is 9.11. The van der Waals surface area contributed by atoms with Crippen molar-refractivity contribution in [3.63, 3.8) is 0 Å². The van der Waals surface area contributed by atoms with Gasteiger partial charge in [0, 0.05) is 15.8 Å². The maximum atomic E-state index is 6.31. The number of thioether (sulfide) groups is 1. The molecule has 0 amide bonds. The third kappa shape index (κ3) is 4.09. The molecule has 2 rings (SSSR count). The third-order valence-electron chi connectivity index (χ3n) is 2.99. The van der Waals surface area contributed by atoms with Crippen molar-refractivity contribution < 1.29 is 0 Å². The average Bonchev–Trinajstić information content (AvgIpc) is 2.81. The molecule has 0 saturated heterocycles. The van der Waals surface area contributed by atoms with E-state index in [1.165, 1.54) is 19.1 Å². The van der Waals surface area contributed by atoms with Crippen LogP contribution in [0.5, 0.6) is 0 Å². The summed E-state index contributed by atoms with van der Waals surface area (Å²) in [4.78, 5) is 2.63. The van der Waals surface area contributed by atoms with E-state index < -0.39 is 0 Å². The molecule has 2 aromatic rings. The lowest BCUT2D eigenvalue weighted by atomic mass is 10.1. The zero-order valence-electron chi connectivity index (χ0n) is 11.1. The van der Waals surface area contributed by atoms with Gasteiger partial charge in [0.1, 0.15) is 0 Å². The van der Waals surface area contributed by atoms with Crippen LogP contribution in [0, 0.1) is 6.92 Å². The Balaban J connectivity index is 2.24. The Labute approximate surface area is 131 Å². The molecule has 4 heteroatoms. The molecule has 0 radical (unpaired) electrons. The van der Waals surface area contributed by atoms with Crippen molar-refractivity contribution in [2.45, 2.75) is 36.5 Å². The van der Waals surface area contributed by atoms with E-state index in [1.807, 2.05) is 11.8 Å². The van der Waals surface area contributed by atoms with Crippen LogP contribution in [-0.2, 0) is 0 Å². The van der Waals surface area contributed by atoms with E-state index in [0.29, 0.717) is 5.25 Å². The van der Waals surface area contributed by atoms with Gasteiger partial charge in [0.2, 0.25) is 0 Å². The highest BCUT2D eigenvalue weighted by Gasteiger charge is 2.21. The number of hydrogen-bond donors (Lipinski definition) is 1. The van der Waals surface area contributed by atoms with Crippen LogP contribution < -0.4 is 5.73 Å². The van der Waals surface area contributed by atoms with Gasteiger partial charge < -0.3 is 5.73 Å². The smallest absolute Gasteiger partial charge is 0.0701 e. The van der Waals surface area contributed by atoms with Crippen molar-refractivity contribution in [1.29, 1.82) is 0 Å². The predicted molar refractivity (Wildman–Crippen MR) is 90.1 cm³/mol. The van der Waals surface area contributed by atoms with Crippen LogP contribution >= 0.6 is 39.0 Å². The monoisotopic (exact) mass is 355 g/mol. The van der Waals surface area contributed by atoms with Gasteiger partial charge in [-0.3, -0.25) is 0 Å². The minimum Gasteiger partial charge on any atom is -0.326 e. The lowest BCUT2D eigenvalue weighted by Gasteiger charge is -2.21. The molecule has 102 valence electrons. The number of benzene rings is 1. The van der Waals surface area contributed by atoms with Gasteiger partial charge >= 0.3 is 0 Å². The van der Waals surface area contributed by atoms with Gasteiger partial charge in [-0.2, -0.15) is 0 Å². The molecule has 0 spiro atoms. The van der Waals surface area contributed by atoms with Crippen LogP contribution in [0.4, 0.5) is 0 Å². The van der Waals surface area contributed by atoms with Gasteiger partial charge in [0.15, 0.2) is 0 Å². The molecule has 0 aliphatic heterocycles. The number of rotatable bonds is 5. The topological polar surface area (TPSA) is 26.0 Å². The SMILES string of the molecule is CCC(N)C(Sc1cccc(C)c1)c1ccc(Br)s1. The summed E-state index contributed by atoms with van der Waals surface area (Å²) in [5.41, 5.74) is 7.61. The van der Waals surface area contributed by atoms with Crippen LogP contribution in [0.2, 0.25) is 0 Å². The number of hydrogen-bond acceptors (Lipinski definition) is 3. The van der Waals surface area contributed by atoms with Crippen LogP contribution in [0.25, 0.3) is 0 Å². The molecule has 1 heterocycles. The maximum absolute atomic E-state index is 6.31. The molecule has 19 heavy (non-hydrogen) atoms. The quantitative estimate of drug-likeness (QED) is 0.727. The minimum absolute atomic E-state index is 0.177. The number of aryl methyl sites for hydroxylation is 1. The molecular formula is C15H18BrNS2. The first kappa shape index (κ1) is 15.1. The molecule has 1 aromatic carbocycles. The zero-order chi connectivity index (χ0) is 13.8. The Kier molecular flexibility index (Phi) is 5.51. The standard InChI is InChI=1S/C15H18BrNS2/c1-3-12(17)15(13-7-8-14(16)19-13)18-11-6-4-5-10(2)9-11/h4-9,12,15H,3,17H2,1-2H3. The molecule has 0 bridgehead atoms. The molecule has 1 aromatic heterocycles. The molecular weight excluding hydrogens is 338 g/mol. The largest absolute Gasteiger partial charge is 0.326 e. The Hall–Kier alpha value is -0.290. The van der Waals surface area contributed by atoms with Crippen LogP contribution in [-0.4, -0.2) is 6.04 Å². The van der Waals surface area contributed by atoms with Crippen LogP contribution in [0.1, 0.15) is 29.0 Å². The summed E-state index contributed by atoms with van der Waals surface area (Å²) < 4.78 is 1.17. The second-order valence-corrected chi connectivity index (χ2v) is 8.28. The molecule has 2 N–H and O–H groups in total. The molecule has 1 nitrogen and oxygen atoms in total. The second kappa shape index (κ2) is 6.93. The third-order valence-corrected chi connectivity index (χ3v) is 6.23. The van der Waals surface area contributed by atoms with Gasteiger partial charge in [0.05, 0.1) is 9.04 Å². The van der Waals surface area contributed by atoms with E-state index in [1.54, 1.807) is 11.3 Å². The fraction of sp³-hybridized carbons (Fsp3) is 0.333. The van der Waals surface area contributed by atoms with E-state index in [-0.39, 0.29) is 6.04 Å². The van der Waals surface area contributed by atoms with Crippen LogP contribution in [0.3, 0.4) is 0 Å². The van der Waals surface area contributed by atoms with E-state index in [0.717, 1.165) is 6.42 Å². The molecule has 0 fully saturated rings. The Bertz CT molecular complexity index is 538. The summed E-state index contributed by atoms with van der Waals surface area (Å²) in [6.45, 7) is 4.28. The van der Waals surface area contributed by atoms with Crippen molar-refractivity contribution in [2.75, 3.05) is 0 Å². The first-order valence-corrected chi connectivity index (χ1v) is 8.83. The summed E-state index contributed by atoms with van der Waals surface area (Å²) in [5.74, 6) is 0. The molecule has 0 aliphatic rings. The fourth-order valence-corrected chi connectivity index (χ4v) is 4.92. The van der Waals surface area contributed by atoms with E-state index in [9.17, 15) is 0 Å². The van der Waals surface area contributed by atoms with E-state index >= 15 is 0 Å². The summed E-state index contributed by atoms with van der Waals surface area (Å²) in [7, 11) is 0. The molecule has 0 saturated carbocycles. The maximum Gasteiger partial charge on any atom is 0.0701 e. The van der Waals surface area contributed by atoms with Crippen molar-refractivity contribution in [3.05, 3.63) is 50.6 Å². The first-order valence-electron chi connectivity index (χ1n) is 6.34. The highest BCUT2D eigenvalue weighted by atomic mass is 79.9. The second-order valence-electron chi connectivity index (χ2n) is 4.57. The molecule has 0 aliphatic carbocycles. The van der Waals surface area contributed by atoms with Crippen molar-refractivity contribution in [1.82, 2.24) is 0 Å². The lowest BCUT2D eigenvalue weighted by molar-refractivity contribution is 0.640. The van der Waals surface area contributed by atoms with E-state index in [4.69, 9.17) is 5.73 Å². The molecule has 2 atom stereocenters. The predicted octanol–water partition coefficient (Wildman–Crippen LogP) is 5.39. The first-order chi connectivity index (χ1) is 9.10. The van der Waals surface area contributed by atoms with Crippen LogP contribution in [0.15, 0.2) is 45.1 Å². The minimum atomic E-state index is 0.177. The zero-order valence-corrected chi connectivity index (χ0v) is 14.3. The fourth-order valence-electron chi connectivity index (χ4n) is 1.89. The average molecular weight is 356 g/mol. The number of halogens is 1. The Morgan fingerprint density at radius 3 is 2.68 bits per heavy atom. The number of nitrogens with two attached hydrogens (primary N) is 1. The van der Waals surface area contributed by atoms with Crippen molar-refractivity contribution >= 4 is 39.0 Å². The van der Waals surface area contributed by atoms with Crippen molar-refractivity contribution in [3.8, 4) is 0 Å². The van der Waals surface area contributed by atoms with Gasteiger partial charge in [-0.15, -0.1) is 23.1 Å². The summed E-state index contributed by atoms with van der Waals surface area (Å²) in [6, 6.07) is 13.1. The molecule has 2 unspecified atom stereocenters. The van der Waals surface area contributed by atoms with Crippen molar-refractivity contribution in [2.24, 2.45) is 5.73 Å². The van der Waals surface area contributed by atoms with Gasteiger partial charge in [-0.1, -0.05) is 24.6 Å². The lowest BCUT2D eigenvalue weighted by Crippen LogP contribution is -2.25. The highest BCUT2D eigenvalue weighted by Crippen LogP contribution is 2.42. The summed E-state index contributed by atoms with van der Waals surface area (Å²) in [5, 5.41) is 0.322. The van der Waals surface area contributed by atoms with Gasteiger partial charge in [-0.25, -0.2) is 0 Å². The van der Waals surface area contributed by atoms with E-state index in [2.05, 4.69) is 66.2 Å². The Morgan fingerprint density at radius 1 is 1.32 bits per heavy atom. The van der Waals surface area contributed by atoms with Gasteiger partial charge in [-0.05, 0) is 53.5 Å². The summed E-state index contributed by atoms with van der Waals surface area (Å²) >= 11 is 7.18. The van der Waals surface area contributed by atoms with Gasteiger partial charge in [0.25, 0.3) is 0 Å². The summed E-state index contributed by atoms with van der Waals surface area (Å²) in [6.07, 6.45) is 0.985. The number of thiophene rings is 1. The Morgan fingerprint density at radius 2 is 2.11 bits per heavy atom.